The van der Waals surface area contributed by atoms with Crippen LogP contribution in [0.2, 0.25) is 0 Å². The van der Waals surface area contributed by atoms with Crippen LogP contribution in [0.3, 0.4) is 0 Å². The first-order chi connectivity index (χ1) is 9.39. The van der Waals surface area contributed by atoms with Crippen LogP contribution in [0, 0.1) is 6.92 Å². The molecule has 0 saturated heterocycles. The van der Waals surface area contributed by atoms with Crippen molar-refractivity contribution in [1.82, 2.24) is 5.32 Å². The Morgan fingerprint density at radius 3 is 2.55 bits per heavy atom. The number of amides is 2. The Kier molecular flexibility index (Phi) is 3.57. The first kappa shape index (κ1) is 14.2. The van der Waals surface area contributed by atoms with E-state index in [2.05, 4.69) is 5.32 Å². The quantitative estimate of drug-likeness (QED) is 0.784. The normalized spacial score (nSPS) is 15.5. The van der Waals surface area contributed by atoms with E-state index in [0.717, 1.165) is 5.56 Å². The molecular weight excluding hydrogens is 260 g/mol. The van der Waals surface area contributed by atoms with Gasteiger partial charge in [0.2, 0.25) is 0 Å². The van der Waals surface area contributed by atoms with Gasteiger partial charge in [-0.3, -0.25) is 4.90 Å². The van der Waals surface area contributed by atoms with E-state index in [-0.39, 0.29) is 5.75 Å². The van der Waals surface area contributed by atoms with Gasteiger partial charge in [-0.05, 0) is 38.3 Å². The van der Waals surface area contributed by atoms with Crippen molar-refractivity contribution in [1.29, 1.82) is 0 Å². The SMILES string of the molecule is CCN(C(=O)NC1(C(=O)O)CC1)c1cc(O)ccc1C. The number of hydrogen-bond donors (Lipinski definition) is 3. The molecule has 0 aliphatic heterocycles. The summed E-state index contributed by atoms with van der Waals surface area (Å²) < 4.78 is 0. The molecule has 6 heteroatoms. The van der Waals surface area contributed by atoms with Crippen molar-refractivity contribution in [2.75, 3.05) is 11.4 Å². The van der Waals surface area contributed by atoms with Crippen molar-refractivity contribution in [3.05, 3.63) is 23.8 Å². The number of aliphatic carboxylic acids is 1. The third kappa shape index (κ3) is 2.54. The van der Waals surface area contributed by atoms with Gasteiger partial charge in [-0.15, -0.1) is 0 Å². The molecule has 108 valence electrons. The lowest BCUT2D eigenvalue weighted by atomic mass is 10.1. The highest BCUT2D eigenvalue weighted by atomic mass is 16.4. The fraction of sp³-hybridized carbons (Fsp3) is 0.429. The van der Waals surface area contributed by atoms with Crippen LogP contribution < -0.4 is 10.2 Å². The van der Waals surface area contributed by atoms with Gasteiger partial charge in [0.25, 0.3) is 0 Å². The number of benzene rings is 1. The lowest BCUT2D eigenvalue weighted by molar-refractivity contribution is -0.140. The van der Waals surface area contributed by atoms with Crippen LogP contribution in [0.1, 0.15) is 25.3 Å². The number of rotatable bonds is 4. The second-order valence-corrected chi connectivity index (χ2v) is 5.03. The predicted octanol–water partition coefficient (Wildman–Crippen LogP) is 1.85. The maximum Gasteiger partial charge on any atom is 0.329 e. The molecule has 2 amide bonds. The van der Waals surface area contributed by atoms with Crippen LogP contribution in [-0.4, -0.2) is 34.3 Å². The Bertz CT molecular complexity index is 552. The largest absolute Gasteiger partial charge is 0.508 e. The van der Waals surface area contributed by atoms with E-state index >= 15 is 0 Å². The lowest BCUT2D eigenvalue weighted by Crippen LogP contribution is -2.50. The number of urea groups is 1. The number of hydrogen-bond acceptors (Lipinski definition) is 3. The van der Waals surface area contributed by atoms with E-state index < -0.39 is 17.5 Å². The van der Waals surface area contributed by atoms with E-state index in [1.165, 1.54) is 11.0 Å². The third-order valence-corrected chi connectivity index (χ3v) is 3.55. The summed E-state index contributed by atoms with van der Waals surface area (Å²) in [5.74, 6) is -0.939. The summed E-state index contributed by atoms with van der Waals surface area (Å²) in [4.78, 5) is 24.8. The highest BCUT2D eigenvalue weighted by Gasteiger charge is 2.52. The van der Waals surface area contributed by atoms with Crippen molar-refractivity contribution < 1.29 is 19.8 Å². The van der Waals surface area contributed by atoms with E-state index in [1.807, 2.05) is 6.92 Å². The number of nitrogens with zero attached hydrogens (tertiary/aromatic N) is 1. The topological polar surface area (TPSA) is 89.9 Å². The van der Waals surface area contributed by atoms with E-state index in [4.69, 9.17) is 5.11 Å². The molecule has 3 N–H and O–H groups in total. The van der Waals surface area contributed by atoms with Crippen LogP contribution in [0.15, 0.2) is 18.2 Å². The summed E-state index contributed by atoms with van der Waals surface area (Å²) in [6.45, 7) is 4.00. The highest BCUT2D eigenvalue weighted by Crippen LogP contribution is 2.36. The Balaban J connectivity index is 2.22. The zero-order chi connectivity index (χ0) is 14.9. The predicted molar refractivity (Wildman–Crippen MR) is 74.0 cm³/mol. The average Bonchev–Trinajstić information content (AvgIpc) is 3.15. The second-order valence-electron chi connectivity index (χ2n) is 5.03. The summed E-state index contributed by atoms with van der Waals surface area (Å²) in [5.41, 5.74) is 0.293. The summed E-state index contributed by atoms with van der Waals surface area (Å²) in [7, 11) is 0. The van der Waals surface area contributed by atoms with Crippen LogP contribution in [-0.2, 0) is 4.79 Å². The van der Waals surface area contributed by atoms with Crippen molar-refractivity contribution >= 4 is 17.7 Å². The van der Waals surface area contributed by atoms with Gasteiger partial charge in [0, 0.05) is 12.6 Å². The maximum atomic E-state index is 12.3. The van der Waals surface area contributed by atoms with Gasteiger partial charge in [-0.2, -0.15) is 0 Å². The molecule has 20 heavy (non-hydrogen) atoms. The van der Waals surface area contributed by atoms with E-state index in [9.17, 15) is 14.7 Å². The van der Waals surface area contributed by atoms with Gasteiger partial charge in [0.15, 0.2) is 0 Å². The molecule has 0 aromatic heterocycles. The number of carbonyl (C=O) groups excluding carboxylic acids is 1. The first-order valence-corrected chi connectivity index (χ1v) is 6.52. The molecule has 6 nitrogen and oxygen atoms in total. The van der Waals surface area contributed by atoms with Crippen LogP contribution >= 0.6 is 0 Å². The van der Waals surface area contributed by atoms with Crippen LogP contribution in [0.25, 0.3) is 0 Å². The third-order valence-electron chi connectivity index (χ3n) is 3.55. The second kappa shape index (κ2) is 5.03. The number of carbonyl (C=O) groups is 2. The van der Waals surface area contributed by atoms with Gasteiger partial charge < -0.3 is 15.5 Å². The Morgan fingerprint density at radius 2 is 2.05 bits per heavy atom. The summed E-state index contributed by atoms with van der Waals surface area (Å²) >= 11 is 0. The minimum absolute atomic E-state index is 0.0659. The van der Waals surface area contributed by atoms with E-state index in [0.29, 0.717) is 25.1 Å². The Morgan fingerprint density at radius 1 is 1.40 bits per heavy atom. The minimum atomic E-state index is -1.12. The molecular formula is C14H18N2O4. The van der Waals surface area contributed by atoms with Crippen molar-refractivity contribution in [3.8, 4) is 5.75 Å². The molecule has 1 aromatic rings. The fourth-order valence-corrected chi connectivity index (χ4v) is 2.10. The smallest absolute Gasteiger partial charge is 0.329 e. The fourth-order valence-electron chi connectivity index (χ4n) is 2.10. The number of aryl methyl sites for hydroxylation is 1. The van der Waals surface area contributed by atoms with Gasteiger partial charge in [0.05, 0.1) is 5.69 Å². The molecule has 0 unspecified atom stereocenters. The summed E-state index contributed by atoms with van der Waals surface area (Å²) in [6.07, 6.45) is 0.898. The Hall–Kier alpha value is -2.24. The number of carboxylic acids is 1. The number of phenols is 1. The zero-order valence-corrected chi connectivity index (χ0v) is 11.5. The molecule has 0 heterocycles. The van der Waals surface area contributed by atoms with Gasteiger partial charge in [-0.1, -0.05) is 6.07 Å². The first-order valence-electron chi connectivity index (χ1n) is 6.52. The van der Waals surface area contributed by atoms with Gasteiger partial charge in [-0.25, -0.2) is 9.59 Å². The molecule has 1 aliphatic carbocycles. The average molecular weight is 278 g/mol. The minimum Gasteiger partial charge on any atom is -0.508 e. The molecule has 0 spiro atoms. The van der Waals surface area contributed by atoms with Crippen molar-refractivity contribution in [2.24, 2.45) is 0 Å². The van der Waals surface area contributed by atoms with E-state index in [1.54, 1.807) is 19.1 Å². The molecule has 1 aromatic carbocycles. The molecule has 0 bridgehead atoms. The zero-order valence-electron chi connectivity index (χ0n) is 11.5. The van der Waals surface area contributed by atoms with Gasteiger partial charge in [0.1, 0.15) is 11.3 Å². The molecule has 0 radical (unpaired) electrons. The number of anilines is 1. The summed E-state index contributed by atoms with van der Waals surface area (Å²) in [5, 5.41) is 21.2. The van der Waals surface area contributed by atoms with Crippen LogP contribution in [0.4, 0.5) is 10.5 Å². The number of aromatic hydroxyl groups is 1. The highest BCUT2D eigenvalue weighted by molar-refractivity contribution is 5.97. The maximum absolute atomic E-state index is 12.3. The van der Waals surface area contributed by atoms with Crippen LogP contribution in [0.5, 0.6) is 5.75 Å². The number of nitrogens with one attached hydrogen (secondary N) is 1. The van der Waals surface area contributed by atoms with Gasteiger partial charge >= 0.3 is 12.0 Å². The molecule has 1 fully saturated rings. The number of phenolic OH excluding ortho intramolecular Hbond substituents is 1. The molecule has 1 saturated carbocycles. The lowest BCUT2D eigenvalue weighted by Gasteiger charge is -2.25. The number of carboxylic acid groups (broad SMARTS) is 1. The standard InChI is InChI=1S/C14H18N2O4/c1-3-16(11-8-10(17)5-4-9(11)2)13(20)15-14(6-7-14)12(18)19/h4-5,8,17H,3,6-7H2,1-2H3,(H,15,20)(H,18,19). The van der Waals surface area contributed by atoms with Crippen molar-refractivity contribution in [3.63, 3.8) is 0 Å². The Labute approximate surface area is 117 Å². The molecule has 2 rings (SSSR count). The monoisotopic (exact) mass is 278 g/mol. The molecule has 1 aliphatic rings. The van der Waals surface area contributed by atoms with Crippen molar-refractivity contribution in [2.45, 2.75) is 32.2 Å². The summed E-state index contributed by atoms with van der Waals surface area (Å²) in [6, 6.07) is 4.30. The molecule has 0 atom stereocenters.